The molecule has 0 rings (SSSR count). The molecule has 0 radical (unpaired) electrons. The van der Waals surface area contributed by atoms with Gasteiger partial charge in [0.2, 0.25) is 5.91 Å². The fraction of sp³-hybridized carbons (Fsp3) is 0.914. The van der Waals surface area contributed by atoms with Gasteiger partial charge >= 0.3 is 5.97 Å². The Labute approximate surface area is 475 Å². The number of ether oxygens (including phenoxy) is 1. The molecule has 0 heterocycles. The first-order valence-corrected chi connectivity index (χ1v) is 34.6. The zero-order chi connectivity index (χ0) is 55.0. The lowest BCUT2D eigenvalue weighted by molar-refractivity contribution is -0.143. The minimum atomic E-state index is -0.845. The molecule has 6 nitrogen and oxygen atoms in total. The Balaban J connectivity index is 3.38. The highest BCUT2D eigenvalue weighted by molar-refractivity contribution is 5.76. The van der Waals surface area contributed by atoms with Crippen molar-refractivity contribution >= 4 is 11.9 Å². The van der Waals surface area contributed by atoms with Gasteiger partial charge in [0, 0.05) is 12.8 Å². The van der Waals surface area contributed by atoms with Crippen LogP contribution in [-0.2, 0) is 14.3 Å². The van der Waals surface area contributed by atoms with Gasteiger partial charge in [-0.3, -0.25) is 9.59 Å². The van der Waals surface area contributed by atoms with E-state index in [0.717, 1.165) is 38.5 Å². The summed E-state index contributed by atoms with van der Waals surface area (Å²) in [4.78, 5) is 24.6. The number of nitrogens with one attached hydrogen (secondary N) is 1. The number of aliphatic hydroxyl groups excluding tert-OH is 2. The Hall–Kier alpha value is -1.66. The standard InChI is InChI=1S/C70H135NO5/c1-3-5-7-9-11-13-15-17-19-20-32-36-40-44-48-52-56-60-64-70(75)76-65-61-57-53-49-45-41-37-33-30-28-26-24-22-21-23-25-27-29-31-35-39-43-47-51-55-59-63-69(74)71-67(66-72)68(73)62-58-54-50-46-42-38-34-18-16-14-12-10-8-6-4-2/h21,23,58,62,67-68,72-73H,3-20,22,24-57,59-61,63-66H2,1-2H3,(H,71,74)/b23-21-,62-58+. The predicted octanol–water partition coefficient (Wildman–Crippen LogP) is 22.1. The molecule has 0 aliphatic rings. The van der Waals surface area contributed by atoms with Gasteiger partial charge in [0.05, 0.1) is 25.4 Å². The van der Waals surface area contributed by atoms with E-state index in [4.69, 9.17) is 4.74 Å². The van der Waals surface area contributed by atoms with Crippen LogP contribution in [0.25, 0.3) is 0 Å². The van der Waals surface area contributed by atoms with Gasteiger partial charge in [-0.1, -0.05) is 340 Å². The van der Waals surface area contributed by atoms with Crippen LogP contribution >= 0.6 is 0 Å². The molecular weight excluding hydrogens is 935 g/mol. The highest BCUT2D eigenvalue weighted by Crippen LogP contribution is 2.18. The summed E-state index contributed by atoms with van der Waals surface area (Å²) in [5.74, 6) is -0.0486. The molecule has 2 atom stereocenters. The first kappa shape index (κ1) is 74.3. The summed E-state index contributed by atoms with van der Waals surface area (Å²) in [6.07, 6.45) is 82.5. The monoisotopic (exact) mass is 1070 g/mol. The minimum Gasteiger partial charge on any atom is -0.466 e. The van der Waals surface area contributed by atoms with Crippen LogP contribution in [0.5, 0.6) is 0 Å². The molecule has 0 fully saturated rings. The summed E-state index contributed by atoms with van der Waals surface area (Å²) in [6.45, 7) is 4.94. The molecule has 0 aromatic heterocycles. The van der Waals surface area contributed by atoms with E-state index in [-0.39, 0.29) is 18.5 Å². The number of esters is 1. The molecule has 450 valence electrons. The summed E-state index contributed by atoms with van der Waals surface area (Å²) in [5, 5.41) is 23.1. The van der Waals surface area contributed by atoms with E-state index in [1.165, 1.54) is 321 Å². The molecule has 0 bridgehead atoms. The molecule has 0 saturated heterocycles. The number of rotatable bonds is 65. The fourth-order valence-electron chi connectivity index (χ4n) is 10.9. The normalized spacial score (nSPS) is 12.6. The molecule has 76 heavy (non-hydrogen) atoms. The van der Waals surface area contributed by atoms with Gasteiger partial charge in [-0.2, -0.15) is 0 Å². The third kappa shape index (κ3) is 61.6. The first-order valence-electron chi connectivity index (χ1n) is 34.6. The zero-order valence-corrected chi connectivity index (χ0v) is 51.5. The van der Waals surface area contributed by atoms with Gasteiger partial charge in [0.25, 0.3) is 0 Å². The molecule has 0 aliphatic carbocycles. The second-order valence-electron chi connectivity index (χ2n) is 23.9. The van der Waals surface area contributed by atoms with Crippen molar-refractivity contribution in [2.75, 3.05) is 13.2 Å². The van der Waals surface area contributed by atoms with Gasteiger partial charge in [-0.25, -0.2) is 0 Å². The van der Waals surface area contributed by atoms with E-state index in [2.05, 4.69) is 31.3 Å². The second kappa shape index (κ2) is 65.9. The quantitative estimate of drug-likeness (QED) is 0.0320. The van der Waals surface area contributed by atoms with Gasteiger partial charge in [0.1, 0.15) is 0 Å². The lowest BCUT2D eigenvalue weighted by atomic mass is 10.0. The van der Waals surface area contributed by atoms with E-state index in [0.29, 0.717) is 19.4 Å². The fourth-order valence-corrected chi connectivity index (χ4v) is 10.9. The van der Waals surface area contributed by atoms with Gasteiger partial charge in [0.15, 0.2) is 0 Å². The largest absolute Gasteiger partial charge is 0.466 e. The van der Waals surface area contributed by atoms with Crippen molar-refractivity contribution in [1.29, 1.82) is 0 Å². The molecule has 6 heteroatoms. The van der Waals surface area contributed by atoms with E-state index in [9.17, 15) is 19.8 Å². The molecule has 0 aliphatic heterocycles. The van der Waals surface area contributed by atoms with Crippen LogP contribution < -0.4 is 5.32 Å². The highest BCUT2D eigenvalue weighted by atomic mass is 16.5. The van der Waals surface area contributed by atoms with Crippen molar-refractivity contribution in [3.63, 3.8) is 0 Å². The zero-order valence-electron chi connectivity index (χ0n) is 51.5. The Bertz CT molecular complexity index is 1190. The van der Waals surface area contributed by atoms with Crippen LogP contribution in [-0.4, -0.2) is 47.4 Å². The van der Waals surface area contributed by atoms with Crippen LogP contribution in [0.1, 0.15) is 386 Å². The van der Waals surface area contributed by atoms with E-state index < -0.39 is 12.1 Å². The van der Waals surface area contributed by atoms with Gasteiger partial charge in [-0.05, 0) is 57.8 Å². The third-order valence-corrected chi connectivity index (χ3v) is 16.2. The van der Waals surface area contributed by atoms with E-state index in [1.54, 1.807) is 6.08 Å². The average molecular weight is 1070 g/mol. The Morgan fingerprint density at radius 1 is 0.355 bits per heavy atom. The van der Waals surface area contributed by atoms with Crippen molar-refractivity contribution in [3.8, 4) is 0 Å². The second-order valence-corrected chi connectivity index (χ2v) is 23.9. The number of aliphatic hydroxyl groups is 2. The number of allylic oxidation sites excluding steroid dienone is 3. The van der Waals surface area contributed by atoms with Crippen molar-refractivity contribution in [3.05, 3.63) is 24.3 Å². The van der Waals surface area contributed by atoms with Crippen LogP contribution in [0.3, 0.4) is 0 Å². The van der Waals surface area contributed by atoms with Crippen molar-refractivity contribution < 1.29 is 24.5 Å². The highest BCUT2D eigenvalue weighted by Gasteiger charge is 2.18. The van der Waals surface area contributed by atoms with Crippen molar-refractivity contribution in [1.82, 2.24) is 5.32 Å². The topological polar surface area (TPSA) is 95.9 Å². The predicted molar refractivity (Wildman–Crippen MR) is 333 cm³/mol. The average Bonchev–Trinajstić information content (AvgIpc) is 3.42. The Morgan fingerprint density at radius 2 is 0.618 bits per heavy atom. The summed E-state index contributed by atoms with van der Waals surface area (Å²) in [7, 11) is 0. The smallest absolute Gasteiger partial charge is 0.305 e. The third-order valence-electron chi connectivity index (χ3n) is 16.2. The molecule has 0 aromatic rings. The maximum absolute atomic E-state index is 12.5. The van der Waals surface area contributed by atoms with Crippen LogP contribution in [0.15, 0.2) is 24.3 Å². The first-order chi connectivity index (χ1) is 37.5. The molecular formula is C70H135NO5. The number of unbranched alkanes of at least 4 members (excludes halogenated alkanes) is 52. The van der Waals surface area contributed by atoms with Crippen LogP contribution in [0.4, 0.5) is 0 Å². The maximum Gasteiger partial charge on any atom is 0.305 e. The van der Waals surface area contributed by atoms with E-state index >= 15 is 0 Å². The lowest BCUT2D eigenvalue weighted by Crippen LogP contribution is -2.45. The Morgan fingerprint density at radius 3 is 0.934 bits per heavy atom. The summed E-state index contributed by atoms with van der Waals surface area (Å²) < 4.78 is 5.51. The van der Waals surface area contributed by atoms with Gasteiger partial charge in [-0.15, -0.1) is 0 Å². The number of amides is 1. The summed E-state index contributed by atoms with van der Waals surface area (Å²) >= 11 is 0. The summed E-state index contributed by atoms with van der Waals surface area (Å²) in [5.41, 5.74) is 0. The SMILES string of the molecule is CCCCCCCCCCCCCCC/C=C/C(O)C(CO)NC(=O)CCCCCCCCCCCC/C=C\CCCCCCCCCCCCCCOC(=O)CCCCCCCCCCCCCCCCCCCC. The molecule has 3 N–H and O–H groups in total. The molecule has 0 spiro atoms. The Kier molecular flexibility index (Phi) is 64.4. The maximum atomic E-state index is 12.5. The van der Waals surface area contributed by atoms with Gasteiger partial charge < -0.3 is 20.3 Å². The van der Waals surface area contributed by atoms with Crippen LogP contribution in [0.2, 0.25) is 0 Å². The van der Waals surface area contributed by atoms with Crippen molar-refractivity contribution in [2.24, 2.45) is 0 Å². The number of hydrogen-bond donors (Lipinski definition) is 3. The van der Waals surface area contributed by atoms with Crippen LogP contribution in [0, 0.1) is 0 Å². The summed E-state index contributed by atoms with van der Waals surface area (Å²) in [6, 6.07) is -0.629. The lowest BCUT2D eigenvalue weighted by Gasteiger charge is -2.20. The number of hydrogen-bond acceptors (Lipinski definition) is 5. The minimum absolute atomic E-state index is 0.0189. The number of carbonyl (C=O) groups is 2. The van der Waals surface area contributed by atoms with Crippen molar-refractivity contribution in [2.45, 2.75) is 398 Å². The molecule has 0 aromatic carbocycles. The van der Waals surface area contributed by atoms with E-state index in [1.807, 2.05) is 6.08 Å². The molecule has 2 unspecified atom stereocenters. The molecule has 0 saturated carbocycles. The molecule has 1 amide bonds. The number of carbonyl (C=O) groups excluding carboxylic acids is 2.